The summed E-state index contributed by atoms with van der Waals surface area (Å²) in [6.07, 6.45) is 0. The molecule has 0 aliphatic rings. The Bertz CT molecular complexity index is 914. The molecule has 2 heterocycles. The Balaban J connectivity index is 1.99. The van der Waals surface area contributed by atoms with E-state index in [1.807, 2.05) is 29.6 Å². The molecule has 130 valence electrons. The lowest BCUT2D eigenvalue weighted by Gasteiger charge is -2.08. The third-order valence-corrected chi connectivity index (χ3v) is 6.16. The van der Waals surface area contributed by atoms with Crippen molar-refractivity contribution in [3.63, 3.8) is 0 Å². The van der Waals surface area contributed by atoms with E-state index in [1.165, 1.54) is 0 Å². The SMILES string of the molecule is COC(=S)c1cc(-c2nc(-c3ccc(OC)cc3OC)cs2)c(C)s1. The number of ether oxygens (including phenoxy) is 3. The van der Waals surface area contributed by atoms with Crippen molar-refractivity contribution < 1.29 is 14.2 Å². The number of hydrogen-bond donors (Lipinski definition) is 0. The molecule has 1 aromatic carbocycles. The molecule has 0 amide bonds. The molecule has 0 fully saturated rings. The number of methoxy groups -OCH3 is 3. The standard InChI is InChI=1S/C18H17NO3S3/c1-10-13(8-16(25-10)18(23)22-4)17-19-14(9-24-17)12-6-5-11(20-2)7-15(12)21-3/h5-9H,1-4H3. The Morgan fingerprint density at radius 2 is 1.88 bits per heavy atom. The van der Waals surface area contributed by atoms with Crippen LogP contribution in [0.4, 0.5) is 0 Å². The number of nitrogens with zero attached hydrogens (tertiary/aromatic N) is 1. The highest BCUT2D eigenvalue weighted by Crippen LogP contribution is 2.38. The first-order valence-corrected chi connectivity index (χ1v) is 9.54. The van der Waals surface area contributed by atoms with Crippen molar-refractivity contribution in [3.8, 4) is 33.3 Å². The minimum Gasteiger partial charge on any atom is -0.497 e. The summed E-state index contributed by atoms with van der Waals surface area (Å²) in [4.78, 5) is 6.91. The highest BCUT2D eigenvalue weighted by atomic mass is 32.1. The Kier molecular flexibility index (Phi) is 5.36. The summed E-state index contributed by atoms with van der Waals surface area (Å²) >= 11 is 8.44. The summed E-state index contributed by atoms with van der Waals surface area (Å²) in [5, 5.41) is 3.49. The highest BCUT2D eigenvalue weighted by molar-refractivity contribution is 7.80. The Labute approximate surface area is 160 Å². The maximum atomic E-state index is 5.48. The van der Waals surface area contributed by atoms with Gasteiger partial charge in [0.1, 0.15) is 16.5 Å². The van der Waals surface area contributed by atoms with E-state index in [0.717, 1.165) is 43.1 Å². The molecule has 0 unspecified atom stereocenters. The largest absolute Gasteiger partial charge is 0.497 e. The van der Waals surface area contributed by atoms with Gasteiger partial charge >= 0.3 is 0 Å². The van der Waals surface area contributed by atoms with E-state index in [-0.39, 0.29) is 0 Å². The minimum absolute atomic E-state index is 0.507. The van der Waals surface area contributed by atoms with Gasteiger partial charge in [0, 0.05) is 27.5 Å². The predicted molar refractivity (Wildman–Crippen MR) is 107 cm³/mol. The van der Waals surface area contributed by atoms with Gasteiger partial charge in [0.25, 0.3) is 0 Å². The third kappa shape index (κ3) is 3.53. The van der Waals surface area contributed by atoms with Crippen molar-refractivity contribution in [1.29, 1.82) is 0 Å². The fraction of sp³-hybridized carbons (Fsp3) is 0.222. The van der Waals surface area contributed by atoms with Crippen molar-refractivity contribution in [1.82, 2.24) is 4.98 Å². The van der Waals surface area contributed by atoms with Crippen molar-refractivity contribution in [2.45, 2.75) is 6.92 Å². The normalized spacial score (nSPS) is 10.6. The van der Waals surface area contributed by atoms with Gasteiger partial charge in [0.05, 0.1) is 31.9 Å². The molecule has 0 radical (unpaired) electrons. The van der Waals surface area contributed by atoms with E-state index in [9.17, 15) is 0 Å². The van der Waals surface area contributed by atoms with Crippen LogP contribution in [-0.2, 0) is 4.74 Å². The number of thiophene rings is 1. The van der Waals surface area contributed by atoms with Crippen molar-refractivity contribution in [2.75, 3.05) is 21.3 Å². The van der Waals surface area contributed by atoms with Crippen LogP contribution < -0.4 is 9.47 Å². The molecular formula is C18H17NO3S3. The molecule has 2 aromatic heterocycles. The summed E-state index contributed by atoms with van der Waals surface area (Å²) in [5.41, 5.74) is 2.90. The van der Waals surface area contributed by atoms with Crippen LogP contribution >= 0.6 is 34.9 Å². The molecule has 0 spiro atoms. The summed E-state index contributed by atoms with van der Waals surface area (Å²) in [6, 6.07) is 7.77. The van der Waals surface area contributed by atoms with Gasteiger partial charge in [-0.2, -0.15) is 0 Å². The lowest BCUT2D eigenvalue weighted by atomic mass is 10.1. The summed E-state index contributed by atoms with van der Waals surface area (Å²) in [7, 11) is 4.87. The van der Waals surface area contributed by atoms with Crippen molar-refractivity contribution in [3.05, 3.63) is 39.4 Å². The van der Waals surface area contributed by atoms with E-state index >= 15 is 0 Å². The molecular weight excluding hydrogens is 374 g/mol. The predicted octanol–water partition coefficient (Wildman–Crippen LogP) is 5.19. The second-order valence-corrected chi connectivity index (χ2v) is 7.66. The van der Waals surface area contributed by atoms with Crippen LogP contribution in [0, 0.1) is 6.92 Å². The molecule has 25 heavy (non-hydrogen) atoms. The Hall–Kier alpha value is -1.96. The monoisotopic (exact) mass is 391 g/mol. The van der Waals surface area contributed by atoms with E-state index < -0.39 is 0 Å². The molecule has 0 aliphatic heterocycles. The molecule has 0 saturated carbocycles. The van der Waals surface area contributed by atoms with Crippen LogP contribution in [0.25, 0.3) is 21.8 Å². The first-order chi connectivity index (χ1) is 12.1. The van der Waals surface area contributed by atoms with Gasteiger partial charge in [-0.1, -0.05) is 0 Å². The number of thiazole rings is 1. The second-order valence-electron chi connectivity index (χ2n) is 5.18. The zero-order valence-electron chi connectivity index (χ0n) is 14.3. The first-order valence-electron chi connectivity index (χ1n) is 7.44. The minimum atomic E-state index is 0.507. The van der Waals surface area contributed by atoms with Crippen LogP contribution in [0.15, 0.2) is 29.6 Å². The van der Waals surface area contributed by atoms with Gasteiger partial charge in [-0.15, -0.1) is 22.7 Å². The van der Waals surface area contributed by atoms with Gasteiger partial charge in [0.2, 0.25) is 5.05 Å². The smallest absolute Gasteiger partial charge is 0.201 e. The molecule has 4 nitrogen and oxygen atoms in total. The van der Waals surface area contributed by atoms with Crippen LogP contribution in [0.2, 0.25) is 0 Å². The molecule has 0 aliphatic carbocycles. The summed E-state index contributed by atoms with van der Waals surface area (Å²) in [6.45, 7) is 2.07. The number of aromatic nitrogens is 1. The fourth-order valence-electron chi connectivity index (χ4n) is 2.43. The molecule has 7 heteroatoms. The highest BCUT2D eigenvalue weighted by Gasteiger charge is 2.16. The summed E-state index contributed by atoms with van der Waals surface area (Å²) < 4.78 is 15.9. The molecule has 0 N–H and O–H groups in total. The molecule has 0 bridgehead atoms. The Morgan fingerprint density at radius 1 is 1.08 bits per heavy atom. The maximum absolute atomic E-state index is 5.48. The number of rotatable bonds is 5. The molecule has 3 rings (SSSR count). The topological polar surface area (TPSA) is 40.6 Å². The van der Waals surface area contributed by atoms with Crippen LogP contribution in [0.1, 0.15) is 9.75 Å². The average molecular weight is 392 g/mol. The van der Waals surface area contributed by atoms with E-state index in [4.69, 9.17) is 31.4 Å². The Morgan fingerprint density at radius 3 is 2.56 bits per heavy atom. The van der Waals surface area contributed by atoms with Gasteiger partial charge in [-0.25, -0.2) is 4.98 Å². The first kappa shape index (κ1) is 17.8. The van der Waals surface area contributed by atoms with Gasteiger partial charge in [0.15, 0.2) is 0 Å². The molecule has 3 aromatic rings. The van der Waals surface area contributed by atoms with Crippen molar-refractivity contribution in [2.24, 2.45) is 0 Å². The second kappa shape index (κ2) is 7.51. The van der Waals surface area contributed by atoms with Gasteiger partial charge < -0.3 is 14.2 Å². The van der Waals surface area contributed by atoms with E-state index in [2.05, 4.69) is 6.92 Å². The zero-order chi connectivity index (χ0) is 18.0. The summed E-state index contributed by atoms with van der Waals surface area (Å²) in [5.74, 6) is 1.49. The average Bonchev–Trinajstić information content (AvgIpc) is 3.27. The third-order valence-electron chi connectivity index (χ3n) is 3.72. The maximum Gasteiger partial charge on any atom is 0.201 e. The van der Waals surface area contributed by atoms with Crippen LogP contribution in [-0.4, -0.2) is 31.4 Å². The lowest BCUT2D eigenvalue weighted by Crippen LogP contribution is -1.94. The van der Waals surface area contributed by atoms with Crippen LogP contribution in [0.5, 0.6) is 11.5 Å². The zero-order valence-corrected chi connectivity index (χ0v) is 16.7. The molecule has 0 saturated heterocycles. The quantitative estimate of drug-likeness (QED) is 0.560. The van der Waals surface area contributed by atoms with E-state index in [0.29, 0.717) is 5.05 Å². The number of aryl methyl sites for hydroxylation is 1. The number of hydrogen-bond acceptors (Lipinski definition) is 7. The number of benzene rings is 1. The van der Waals surface area contributed by atoms with E-state index in [1.54, 1.807) is 44.0 Å². The lowest BCUT2D eigenvalue weighted by molar-refractivity contribution is 0.395. The van der Waals surface area contributed by atoms with Gasteiger partial charge in [-0.05, 0) is 37.3 Å². The van der Waals surface area contributed by atoms with Crippen molar-refractivity contribution >= 4 is 39.9 Å². The fourth-order valence-corrected chi connectivity index (χ4v) is 4.51. The van der Waals surface area contributed by atoms with Crippen LogP contribution in [0.3, 0.4) is 0 Å². The van der Waals surface area contributed by atoms with Gasteiger partial charge in [-0.3, -0.25) is 0 Å². The molecule has 0 atom stereocenters. The number of thiocarbonyl (C=S) groups is 1.